The van der Waals surface area contributed by atoms with Crippen LogP contribution in [0.25, 0.3) is 10.9 Å². The number of pyridine rings is 1. The van der Waals surface area contributed by atoms with Gasteiger partial charge in [-0.05, 0) is 30.5 Å². The summed E-state index contributed by atoms with van der Waals surface area (Å²) >= 11 is 0. The number of aromatic nitrogens is 2. The van der Waals surface area contributed by atoms with Crippen LogP contribution in [0.1, 0.15) is 40.6 Å². The molecular formula is C18H17N3O2. The van der Waals surface area contributed by atoms with E-state index in [-0.39, 0.29) is 5.91 Å². The third kappa shape index (κ3) is 2.70. The summed E-state index contributed by atoms with van der Waals surface area (Å²) in [5, 5.41) is 5.07. The first kappa shape index (κ1) is 13.9. The second kappa shape index (κ2) is 5.50. The molecule has 1 aliphatic carbocycles. The quantitative estimate of drug-likeness (QED) is 0.741. The zero-order valence-corrected chi connectivity index (χ0v) is 12.9. The van der Waals surface area contributed by atoms with Gasteiger partial charge in [0.1, 0.15) is 0 Å². The third-order valence-electron chi connectivity index (χ3n) is 4.22. The van der Waals surface area contributed by atoms with Crippen molar-refractivity contribution in [2.75, 3.05) is 7.05 Å². The molecule has 4 rings (SSSR count). The van der Waals surface area contributed by atoms with E-state index in [0.29, 0.717) is 18.2 Å². The standard InChI is InChI=1S/C18H17N3O2/c1-21(18(22)17-10-16(20-23-17)12-7-8-12)11-13-4-2-6-15-14(13)5-3-9-19-15/h2-6,9-10,12H,7-8,11H2,1H3. The number of hydrogen-bond acceptors (Lipinski definition) is 4. The SMILES string of the molecule is CN(Cc1cccc2ncccc12)C(=O)c1cc(C2CC2)no1. The fourth-order valence-corrected chi connectivity index (χ4v) is 2.78. The van der Waals surface area contributed by atoms with Crippen LogP contribution >= 0.6 is 0 Å². The maximum Gasteiger partial charge on any atom is 0.292 e. The molecule has 0 bridgehead atoms. The molecule has 2 heterocycles. The van der Waals surface area contributed by atoms with Crippen LogP contribution in [0.2, 0.25) is 0 Å². The number of carbonyl (C=O) groups excluding carboxylic acids is 1. The van der Waals surface area contributed by atoms with Crippen LogP contribution in [0.5, 0.6) is 0 Å². The lowest BCUT2D eigenvalue weighted by Crippen LogP contribution is -2.25. The van der Waals surface area contributed by atoms with E-state index in [1.807, 2.05) is 30.3 Å². The summed E-state index contributed by atoms with van der Waals surface area (Å²) in [6, 6.07) is 11.7. The van der Waals surface area contributed by atoms with Crippen LogP contribution < -0.4 is 0 Å². The van der Waals surface area contributed by atoms with Crippen LogP contribution in [-0.2, 0) is 6.54 Å². The molecule has 0 radical (unpaired) electrons. The minimum atomic E-state index is -0.148. The Kier molecular flexibility index (Phi) is 3.33. The molecule has 116 valence electrons. The summed E-state index contributed by atoms with van der Waals surface area (Å²) in [7, 11) is 1.77. The van der Waals surface area contributed by atoms with Crippen LogP contribution in [-0.4, -0.2) is 28.0 Å². The average molecular weight is 307 g/mol. The summed E-state index contributed by atoms with van der Waals surface area (Å²) in [4.78, 5) is 18.5. The van der Waals surface area contributed by atoms with Crippen molar-refractivity contribution < 1.29 is 9.32 Å². The highest BCUT2D eigenvalue weighted by Crippen LogP contribution is 2.39. The molecule has 0 saturated heterocycles. The van der Waals surface area contributed by atoms with E-state index in [4.69, 9.17) is 4.52 Å². The second-order valence-electron chi connectivity index (χ2n) is 6.04. The number of hydrogen-bond donors (Lipinski definition) is 0. The van der Waals surface area contributed by atoms with Crippen molar-refractivity contribution in [2.24, 2.45) is 0 Å². The van der Waals surface area contributed by atoms with Crippen LogP contribution in [0.4, 0.5) is 0 Å². The number of benzene rings is 1. The first-order chi connectivity index (χ1) is 11.2. The van der Waals surface area contributed by atoms with E-state index in [2.05, 4.69) is 10.1 Å². The smallest absolute Gasteiger partial charge is 0.292 e. The molecule has 1 saturated carbocycles. The number of rotatable bonds is 4. The predicted molar refractivity (Wildman–Crippen MR) is 86.0 cm³/mol. The largest absolute Gasteiger partial charge is 0.351 e. The molecule has 5 nitrogen and oxygen atoms in total. The normalized spacial score (nSPS) is 14.1. The van der Waals surface area contributed by atoms with Gasteiger partial charge in [-0.2, -0.15) is 0 Å². The predicted octanol–water partition coefficient (Wildman–Crippen LogP) is 3.37. The molecule has 23 heavy (non-hydrogen) atoms. The minimum absolute atomic E-state index is 0.148. The minimum Gasteiger partial charge on any atom is -0.351 e. The fourth-order valence-electron chi connectivity index (χ4n) is 2.78. The molecule has 0 aliphatic heterocycles. The summed E-state index contributed by atoms with van der Waals surface area (Å²) in [6.07, 6.45) is 4.05. The zero-order chi connectivity index (χ0) is 15.8. The average Bonchev–Trinajstić information content (AvgIpc) is 3.32. The molecule has 0 N–H and O–H groups in total. The second-order valence-corrected chi connectivity index (χ2v) is 6.04. The molecular weight excluding hydrogens is 290 g/mol. The van der Waals surface area contributed by atoms with Crippen molar-refractivity contribution >= 4 is 16.8 Å². The van der Waals surface area contributed by atoms with Crippen LogP contribution in [0.3, 0.4) is 0 Å². The number of fused-ring (bicyclic) bond motifs is 1. The van der Waals surface area contributed by atoms with Gasteiger partial charge in [-0.15, -0.1) is 0 Å². The van der Waals surface area contributed by atoms with Crippen molar-refractivity contribution in [1.29, 1.82) is 0 Å². The Morgan fingerprint density at radius 1 is 1.30 bits per heavy atom. The maximum absolute atomic E-state index is 12.5. The van der Waals surface area contributed by atoms with E-state index in [0.717, 1.165) is 35.0 Å². The molecule has 1 aromatic carbocycles. The van der Waals surface area contributed by atoms with Gasteiger partial charge < -0.3 is 9.42 Å². The summed E-state index contributed by atoms with van der Waals surface area (Å²) in [6.45, 7) is 0.501. The molecule has 1 amide bonds. The van der Waals surface area contributed by atoms with Gasteiger partial charge in [0.15, 0.2) is 0 Å². The monoisotopic (exact) mass is 307 g/mol. The third-order valence-corrected chi connectivity index (χ3v) is 4.22. The van der Waals surface area contributed by atoms with Crippen molar-refractivity contribution in [2.45, 2.75) is 25.3 Å². The van der Waals surface area contributed by atoms with Gasteiger partial charge in [0, 0.05) is 37.2 Å². The van der Waals surface area contributed by atoms with Crippen molar-refractivity contribution in [1.82, 2.24) is 15.0 Å². The Morgan fingerprint density at radius 2 is 2.17 bits per heavy atom. The highest BCUT2D eigenvalue weighted by Gasteiger charge is 2.29. The summed E-state index contributed by atoms with van der Waals surface area (Å²) in [5.41, 5.74) is 2.89. The van der Waals surface area contributed by atoms with E-state index in [9.17, 15) is 4.79 Å². The Bertz CT molecular complexity index is 862. The molecule has 5 heteroatoms. The highest BCUT2D eigenvalue weighted by molar-refractivity contribution is 5.91. The lowest BCUT2D eigenvalue weighted by Gasteiger charge is -2.16. The molecule has 1 aliphatic rings. The fraction of sp³-hybridized carbons (Fsp3) is 0.278. The van der Waals surface area contributed by atoms with Crippen molar-refractivity contribution in [3.8, 4) is 0 Å². The molecule has 2 aromatic heterocycles. The topological polar surface area (TPSA) is 59.2 Å². The Hall–Kier alpha value is -2.69. The molecule has 0 unspecified atom stereocenters. The van der Waals surface area contributed by atoms with Gasteiger partial charge in [-0.25, -0.2) is 0 Å². The maximum atomic E-state index is 12.5. The molecule has 0 atom stereocenters. The highest BCUT2D eigenvalue weighted by atomic mass is 16.5. The van der Waals surface area contributed by atoms with Gasteiger partial charge in [0.05, 0.1) is 11.2 Å². The zero-order valence-electron chi connectivity index (χ0n) is 12.9. The van der Waals surface area contributed by atoms with E-state index in [1.165, 1.54) is 0 Å². The van der Waals surface area contributed by atoms with Crippen molar-refractivity contribution in [3.63, 3.8) is 0 Å². The summed E-state index contributed by atoms with van der Waals surface area (Å²) < 4.78 is 5.22. The van der Waals surface area contributed by atoms with Gasteiger partial charge in [-0.1, -0.05) is 23.4 Å². The molecule has 0 spiro atoms. The van der Waals surface area contributed by atoms with Gasteiger partial charge in [0.2, 0.25) is 5.76 Å². The molecule has 3 aromatic rings. The lowest BCUT2D eigenvalue weighted by molar-refractivity contribution is 0.0744. The van der Waals surface area contributed by atoms with Crippen LogP contribution in [0, 0.1) is 0 Å². The number of carbonyl (C=O) groups is 1. The van der Waals surface area contributed by atoms with E-state index in [1.54, 1.807) is 24.2 Å². The Morgan fingerprint density at radius 3 is 3.00 bits per heavy atom. The molecule has 1 fully saturated rings. The Labute approximate surface area is 133 Å². The van der Waals surface area contributed by atoms with Gasteiger partial charge in [0.25, 0.3) is 5.91 Å². The summed E-state index contributed by atoms with van der Waals surface area (Å²) in [5.74, 6) is 0.646. The Balaban J connectivity index is 1.55. The van der Waals surface area contributed by atoms with Gasteiger partial charge in [-0.3, -0.25) is 9.78 Å². The lowest BCUT2D eigenvalue weighted by atomic mass is 10.1. The van der Waals surface area contributed by atoms with Gasteiger partial charge >= 0.3 is 0 Å². The first-order valence-electron chi connectivity index (χ1n) is 7.77. The number of nitrogens with zero attached hydrogens (tertiary/aromatic N) is 3. The van der Waals surface area contributed by atoms with E-state index >= 15 is 0 Å². The first-order valence-corrected chi connectivity index (χ1v) is 7.77. The van der Waals surface area contributed by atoms with E-state index < -0.39 is 0 Å². The number of amides is 1. The van der Waals surface area contributed by atoms with Crippen molar-refractivity contribution in [3.05, 3.63) is 59.6 Å². The van der Waals surface area contributed by atoms with Crippen LogP contribution in [0.15, 0.2) is 47.1 Å².